The molecule has 0 aromatic heterocycles. The van der Waals surface area contributed by atoms with E-state index in [0.29, 0.717) is 12.3 Å². The van der Waals surface area contributed by atoms with E-state index < -0.39 is 0 Å². The zero-order valence-corrected chi connectivity index (χ0v) is 18.5. The summed E-state index contributed by atoms with van der Waals surface area (Å²) in [7, 11) is 1.76. The molecule has 0 saturated heterocycles. The van der Waals surface area contributed by atoms with Crippen LogP contribution in [0.5, 0.6) is 0 Å². The molecule has 0 radical (unpaired) electrons. The first kappa shape index (κ1) is 21.7. The summed E-state index contributed by atoms with van der Waals surface area (Å²) in [6, 6.07) is 12.2. The maximum atomic E-state index is 12.3. The van der Waals surface area contributed by atoms with Crippen LogP contribution in [-0.4, -0.2) is 19.1 Å². The van der Waals surface area contributed by atoms with E-state index in [1.165, 1.54) is 11.1 Å². The minimum absolute atomic E-state index is 0.0803. The van der Waals surface area contributed by atoms with Gasteiger partial charge in [-0.2, -0.15) is 0 Å². The minimum atomic E-state index is 0.0803. The van der Waals surface area contributed by atoms with Crippen molar-refractivity contribution in [1.29, 1.82) is 0 Å². The normalized spacial score (nSPS) is 18.4. The second-order valence-corrected chi connectivity index (χ2v) is 8.78. The third-order valence-corrected chi connectivity index (χ3v) is 5.80. The summed E-state index contributed by atoms with van der Waals surface area (Å²) in [5.74, 6) is 0.601. The lowest BCUT2D eigenvalue weighted by Crippen LogP contribution is -2.29. The molecule has 0 bridgehead atoms. The predicted octanol–water partition coefficient (Wildman–Crippen LogP) is 6.14. The molecule has 0 aliphatic heterocycles. The Morgan fingerprint density at radius 2 is 1.97 bits per heavy atom. The molecule has 2 aromatic carbocycles. The van der Waals surface area contributed by atoms with Gasteiger partial charge in [0.2, 0.25) is 5.91 Å². The van der Waals surface area contributed by atoms with Crippen LogP contribution in [0.4, 0.5) is 11.4 Å². The van der Waals surface area contributed by atoms with Gasteiger partial charge in [0.15, 0.2) is 0 Å². The minimum Gasteiger partial charge on any atom is -0.381 e. The van der Waals surface area contributed by atoms with Gasteiger partial charge in [-0.25, -0.2) is 0 Å². The Morgan fingerprint density at radius 3 is 2.62 bits per heavy atom. The highest BCUT2D eigenvalue weighted by Crippen LogP contribution is 2.37. The first-order valence-corrected chi connectivity index (χ1v) is 10.7. The van der Waals surface area contributed by atoms with Gasteiger partial charge in [0.25, 0.3) is 0 Å². The number of anilines is 2. The monoisotopic (exact) mass is 414 g/mol. The van der Waals surface area contributed by atoms with Gasteiger partial charge in [-0.15, -0.1) is 0 Å². The predicted molar refractivity (Wildman–Crippen MR) is 121 cm³/mol. The lowest BCUT2D eigenvalue weighted by Gasteiger charge is -2.33. The molecule has 2 aromatic rings. The zero-order chi connectivity index (χ0) is 21.0. The van der Waals surface area contributed by atoms with E-state index in [1.807, 2.05) is 24.3 Å². The fraction of sp³-hybridized carbons (Fsp3) is 0.458. The molecule has 156 valence electrons. The quantitative estimate of drug-likeness (QED) is 0.572. The van der Waals surface area contributed by atoms with Crippen molar-refractivity contribution in [2.45, 2.75) is 58.6 Å². The Morgan fingerprint density at radius 1 is 1.24 bits per heavy atom. The van der Waals surface area contributed by atoms with Crippen molar-refractivity contribution < 1.29 is 9.53 Å². The lowest BCUT2D eigenvalue weighted by atomic mass is 9.84. The molecule has 2 unspecified atom stereocenters. The molecule has 4 nitrogen and oxygen atoms in total. The molecule has 0 heterocycles. The number of carbonyl (C=O) groups is 1. The topological polar surface area (TPSA) is 50.4 Å². The number of amides is 1. The fourth-order valence-electron chi connectivity index (χ4n) is 3.83. The summed E-state index contributed by atoms with van der Waals surface area (Å²) in [6.45, 7) is 6.33. The van der Waals surface area contributed by atoms with Crippen LogP contribution in [0, 0.1) is 12.8 Å². The number of fused-ring (bicyclic) bond motifs is 1. The zero-order valence-electron chi connectivity index (χ0n) is 17.7. The summed E-state index contributed by atoms with van der Waals surface area (Å²) in [6.07, 6.45) is 3.33. The SMILES string of the molecule is COC1Cc2cc(NC(=O)CCC(C)C)c(C)cc2C(Nc2ccc(Cl)cc2)C1. The van der Waals surface area contributed by atoms with Crippen LogP contribution in [0.25, 0.3) is 0 Å². The summed E-state index contributed by atoms with van der Waals surface area (Å²) >= 11 is 6.02. The summed E-state index contributed by atoms with van der Waals surface area (Å²) in [4.78, 5) is 12.3. The van der Waals surface area contributed by atoms with Gasteiger partial charge in [0.1, 0.15) is 0 Å². The highest BCUT2D eigenvalue weighted by molar-refractivity contribution is 6.30. The standard InChI is InChI=1S/C24H31ClN2O2/c1-15(2)5-10-24(28)27-22-13-17-12-20(29-4)14-23(21(17)11-16(22)3)26-19-8-6-18(25)7-9-19/h6-9,11,13,15,20,23,26H,5,10,12,14H2,1-4H3,(H,27,28). The highest BCUT2D eigenvalue weighted by atomic mass is 35.5. The van der Waals surface area contributed by atoms with Gasteiger partial charge in [-0.1, -0.05) is 31.5 Å². The van der Waals surface area contributed by atoms with Crippen LogP contribution in [0.1, 0.15) is 55.8 Å². The Balaban J connectivity index is 1.82. The van der Waals surface area contributed by atoms with Crippen LogP contribution >= 0.6 is 11.6 Å². The van der Waals surface area contributed by atoms with E-state index in [2.05, 4.69) is 43.5 Å². The molecule has 3 rings (SSSR count). The van der Waals surface area contributed by atoms with Crippen molar-refractivity contribution in [3.05, 3.63) is 58.1 Å². The van der Waals surface area contributed by atoms with E-state index in [1.54, 1.807) is 7.11 Å². The van der Waals surface area contributed by atoms with Gasteiger partial charge in [0.05, 0.1) is 12.1 Å². The molecule has 29 heavy (non-hydrogen) atoms. The lowest BCUT2D eigenvalue weighted by molar-refractivity contribution is -0.116. The Bertz CT molecular complexity index is 849. The molecule has 0 saturated carbocycles. The van der Waals surface area contributed by atoms with Crippen molar-refractivity contribution in [3.63, 3.8) is 0 Å². The van der Waals surface area contributed by atoms with Gasteiger partial charge < -0.3 is 15.4 Å². The van der Waals surface area contributed by atoms with Crippen LogP contribution in [0.2, 0.25) is 5.02 Å². The first-order chi connectivity index (χ1) is 13.9. The van der Waals surface area contributed by atoms with Crippen LogP contribution < -0.4 is 10.6 Å². The van der Waals surface area contributed by atoms with Gasteiger partial charge in [-0.05, 0) is 79.1 Å². The molecule has 1 aliphatic rings. The van der Waals surface area contributed by atoms with Crippen molar-refractivity contribution >= 4 is 28.9 Å². The third kappa shape index (κ3) is 5.74. The average Bonchev–Trinajstić information content (AvgIpc) is 2.69. The molecule has 1 amide bonds. The highest BCUT2D eigenvalue weighted by Gasteiger charge is 2.28. The summed E-state index contributed by atoms with van der Waals surface area (Å²) < 4.78 is 5.70. The second-order valence-electron chi connectivity index (χ2n) is 8.35. The molecule has 2 atom stereocenters. The van der Waals surface area contributed by atoms with E-state index in [4.69, 9.17) is 16.3 Å². The van der Waals surface area contributed by atoms with Gasteiger partial charge in [-0.3, -0.25) is 4.79 Å². The average molecular weight is 415 g/mol. The molecule has 1 aliphatic carbocycles. The number of ether oxygens (including phenoxy) is 1. The molecular formula is C24H31ClN2O2. The number of nitrogens with one attached hydrogen (secondary N) is 2. The molecule has 2 N–H and O–H groups in total. The number of rotatable bonds is 7. The van der Waals surface area contributed by atoms with E-state index in [9.17, 15) is 4.79 Å². The van der Waals surface area contributed by atoms with Crippen molar-refractivity contribution in [3.8, 4) is 0 Å². The van der Waals surface area contributed by atoms with Crippen molar-refractivity contribution in [2.24, 2.45) is 5.92 Å². The van der Waals surface area contributed by atoms with Crippen LogP contribution in [0.15, 0.2) is 36.4 Å². The Labute approximate surface area is 179 Å². The number of carbonyl (C=O) groups excluding carboxylic acids is 1. The van der Waals surface area contributed by atoms with Gasteiger partial charge in [0, 0.05) is 29.9 Å². The molecule has 5 heteroatoms. The maximum absolute atomic E-state index is 12.3. The van der Waals surface area contributed by atoms with E-state index >= 15 is 0 Å². The fourth-order valence-corrected chi connectivity index (χ4v) is 3.95. The van der Waals surface area contributed by atoms with Gasteiger partial charge >= 0.3 is 0 Å². The number of hydrogen-bond donors (Lipinski definition) is 2. The third-order valence-electron chi connectivity index (χ3n) is 5.55. The smallest absolute Gasteiger partial charge is 0.224 e. The summed E-state index contributed by atoms with van der Waals surface area (Å²) in [5, 5.41) is 7.45. The number of aryl methyl sites for hydroxylation is 1. The second kappa shape index (κ2) is 9.64. The number of benzene rings is 2. The Kier molecular flexibility index (Phi) is 7.20. The van der Waals surface area contributed by atoms with E-state index in [0.717, 1.165) is 41.2 Å². The maximum Gasteiger partial charge on any atom is 0.224 e. The van der Waals surface area contributed by atoms with Crippen molar-refractivity contribution in [1.82, 2.24) is 0 Å². The first-order valence-electron chi connectivity index (χ1n) is 10.3. The molecule has 0 fully saturated rings. The van der Waals surface area contributed by atoms with Crippen LogP contribution in [-0.2, 0) is 16.0 Å². The number of methoxy groups -OCH3 is 1. The summed E-state index contributed by atoms with van der Waals surface area (Å²) in [5.41, 5.74) is 5.51. The number of halogens is 1. The largest absolute Gasteiger partial charge is 0.381 e. The van der Waals surface area contributed by atoms with E-state index in [-0.39, 0.29) is 18.1 Å². The molecular weight excluding hydrogens is 384 g/mol. The Hall–Kier alpha value is -2.04. The number of hydrogen-bond acceptors (Lipinski definition) is 3. The van der Waals surface area contributed by atoms with Crippen LogP contribution in [0.3, 0.4) is 0 Å². The molecule has 0 spiro atoms. The van der Waals surface area contributed by atoms with Crippen molar-refractivity contribution in [2.75, 3.05) is 17.7 Å².